The van der Waals surface area contributed by atoms with E-state index in [9.17, 15) is 4.79 Å². The van der Waals surface area contributed by atoms with Gasteiger partial charge in [0, 0.05) is 35.3 Å². The third-order valence-electron chi connectivity index (χ3n) is 6.25. The summed E-state index contributed by atoms with van der Waals surface area (Å²) in [6.45, 7) is 0. The zero-order chi connectivity index (χ0) is 25.2. The van der Waals surface area contributed by atoms with Crippen LogP contribution >= 0.6 is 11.3 Å². The quantitative estimate of drug-likeness (QED) is 0.178. The fourth-order valence-electron chi connectivity index (χ4n) is 4.39. The summed E-state index contributed by atoms with van der Waals surface area (Å²) in [4.78, 5) is 19.9. The number of fused-ring (bicyclic) bond motifs is 1. The number of aliphatic imine (C=N–C) groups is 1. The molecule has 0 amide bonds. The molecule has 3 aromatic carbocycles. The van der Waals surface area contributed by atoms with Gasteiger partial charge in [-0.1, -0.05) is 91.0 Å². The molecule has 0 unspecified atom stereocenters. The van der Waals surface area contributed by atoms with Crippen LogP contribution < -0.4 is 0 Å². The van der Waals surface area contributed by atoms with E-state index in [1.165, 1.54) is 11.3 Å². The summed E-state index contributed by atoms with van der Waals surface area (Å²) in [5, 5.41) is 10.1. The number of nitrogens with zero attached hydrogens (tertiary/aromatic N) is 4. The van der Waals surface area contributed by atoms with Crippen molar-refractivity contribution in [2.45, 2.75) is 0 Å². The first-order chi connectivity index (χ1) is 18.2. The van der Waals surface area contributed by atoms with Gasteiger partial charge in [0.15, 0.2) is 0 Å². The first-order valence-corrected chi connectivity index (χ1v) is 12.7. The second-order valence-electron chi connectivity index (χ2n) is 8.61. The average molecular weight is 499 g/mol. The highest BCUT2D eigenvalue weighted by Crippen LogP contribution is 2.46. The Bertz CT molecular complexity index is 1740. The van der Waals surface area contributed by atoms with E-state index in [-0.39, 0.29) is 5.78 Å². The fraction of sp³-hybridized carbons (Fsp3) is 0.0323. The van der Waals surface area contributed by atoms with Crippen LogP contribution in [0.15, 0.2) is 114 Å². The van der Waals surface area contributed by atoms with Crippen LogP contribution in [0.3, 0.4) is 0 Å². The molecule has 0 bridgehead atoms. The third kappa shape index (κ3) is 4.28. The van der Waals surface area contributed by atoms with Crippen LogP contribution in [0.25, 0.3) is 32.6 Å². The van der Waals surface area contributed by atoms with Crippen molar-refractivity contribution in [3.05, 3.63) is 125 Å². The van der Waals surface area contributed by atoms with E-state index < -0.39 is 0 Å². The highest BCUT2D eigenvalue weighted by Gasteiger charge is 2.25. The number of hydrogen-bond donors (Lipinski definition) is 0. The highest BCUT2D eigenvalue weighted by molar-refractivity contribution is 7.21. The van der Waals surface area contributed by atoms with Crippen molar-refractivity contribution in [1.29, 1.82) is 0 Å². The lowest BCUT2D eigenvalue weighted by atomic mass is 9.96. The monoisotopic (exact) mass is 498 g/mol. The number of hydrogen-bond acceptors (Lipinski definition) is 5. The molecule has 0 N–H and O–H groups in total. The number of thiophene rings is 1. The Kier molecular flexibility index (Phi) is 6.00. The Morgan fingerprint density at radius 1 is 0.811 bits per heavy atom. The second-order valence-corrected chi connectivity index (χ2v) is 9.61. The summed E-state index contributed by atoms with van der Waals surface area (Å²) >= 11 is 1.34. The molecule has 0 radical (unpaired) electrons. The van der Waals surface area contributed by atoms with E-state index >= 15 is 0 Å². The molecule has 5 nitrogen and oxygen atoms in total. The Balaban J connectivity index is 1.68. The summed E-state index contributed by atoms with van der Waals surface area (Å²) in [5.41, 5.74) is 5.78. The van der Waals surface area contributed by atoms with E-state index in [0.717, 1.165) is 33.5 Å². The molecular weight excluding hydrogens is 476 g/mol. The van der Waals surface area contributed by atoms with Crippen LogP contribution in [0.5, 0.6) is 0 Å². The number of ketones is 1. The molecule has 0 aliphatic carbocycles. The summed E-state index contributed by atoms with van der Waals surface area (Å²) < 4.78 is 1.99. The average Bonchev–Trinajstić information content (AvgIpc) is 3.55. The molecule has 6 aromatic rings. The summed E-state index contributed by atoms with van der Waals surface area (Å²) in [5.74, 6) is -0.0806. The molecule has 37 heavy (non-hydrogen) atoms. The standard InChI is InChI=1S/C31H22N4OS/c1-35-19-11-18-24(35)20-32-28-26-25(21-12-5-2-6-13-21)27(22-14-7-3-8-15-22)33-34-31(26)37-30(28)29(36)23-16-9-4-10-17-23/h2-20H,1H3. The maximum absolute atomic E-state index is 13.8. The predicted molar refractivity (Wildman–Crippen MR) is 151 cm³/mol. The van der Waals surface area contributed by atoms with Gasteiger partial charge in [-0.2, -0.15) is 0 Å². The molecule has 6 heteroatoms. The minimum absolute atomic E-state index is 0.0806. The van der Waals surface area contributed by atoms with Crippen molar-refractivity contribution in [1.82, 2.24) is 14.8 Å². The van der Waals surface area contributed by atoms with Gasteiger partial charge in [0.1, 0.15) is 15.4 Å². The van der Waals surface area contributed by atoms with Crippen molar-refractivity contribution >= 4 is 39.2 Å². The molecule has 3 heterocycles. The van der Waals surface area contributed by atoms with Gasteiger partial charge in [-0.15, -0.1) is 21.5 Å². The number of rotatable bonds is 6. The Hall–Kier alpha value is -4.68. The molecule has 0 spiro atoms. The fourth-order valence-corrected chi connectivity index (χ4v) is 5.43. The first kappa shape index (κ1) is 22.8. The zero-order valence-electron chi connectivity index (χ0n) is 20.1. The highest BCUT2D eigenvalue weighted by atomic mass is 32.1. The van der Waals surface area contributed by atoms with E-state index in [1.807, 2.05) is 109 Å². The first-order valence-electron chi connectivity index (χ1n) is 11.9. The van der Waals surface area contributed by atoms with Gasteiger partial charge < -0.3 is 4.57 Å². The van der Waals surface area contributed by atoms with Crippen molar-refractivity contribution < 1.29 is 4.79 Å². The van der Waals surface area contributed by atoms with Gasteiger partial charge in [0.2, 0.25) is 5.78 Å². The van der Waals surface area contributed by atoms with E-state index in [1.54, 1.807) is 6.21 Å². The Labute approximate surface area is 218 Å². The maximum Gasteiger partial charge on any atom is 0.205 e. The molecule has 3 aromatic heterocycles. The lowest BCUT2D eigenvalue weighted by molar-refractivity contribution is 0.104. The molecule has 0 aliphatic rings. The second kappa shape index (κ2) is 9.76. The molecular formula is C31H22N4OS. The lowest BCUT2D eigenvalue weighted by Gasteiger charge is -2.11. The van der Waals surface area contributed by atoms with Gasteiger partial charge in [0.05, 0.1) is 17.6 Å². The summed E-state index contributed by atoms with van der Waals surface area (Å²) in [6.07, 6.45) is 3.78. The number of carbonyl (C=O) groups is 1. The molecule has 0 saturated heterocycles. The van der Waals surface area contributed by atoms with Crippen molar-refractivity contribution in [3.63, 3.8) is 0 Å². The molecule has 6 rings (SSSR count). The van der Waals surface area contributed by atoms with Gasteiger partial charge in [-0.05, 0) is 17.7 Å². The number of aromatic nitrogens is 3. The van der Waals surface area contributed by atoms with E-state index in [0.29, 0.717) is 21.0 Å². The normalized spacial score (nSPS) is 11.4. The molecule has 0 fully saturated rings. The smallest absolute Gasteiger partial charge is 0.205 e. The van der Waals surface area contributed by atoms with Crippen LogP contribution in [0.4, 0.5) is 5.69 Å². The zero-order valence-corrected chi connectivity index (χ0v) is 20.9. The van der Waals surface area contributed by atoms with E-state index in [2.05, 4.69) is 22.3 Å². The topological polar surface area (TPSA) is 60.1 Å². The number of aryl methyl sites for hydroxylation is 1. The van der Waals surface area contributed by atoms with Crippen molar-refractivity contribution in [2.75, 3.05) is 0 Å². The van der Waals surface area contributed by atoms with E-state index in [4.69, 9.17) is 4.99 Å². The Morgan fingerprint density at radius 2 is 1.46 bits per heavy atom. The number of carbonyl (C=O) groups excluding carboxylic acids is 1. The third-order valence-corrected chi connectivity index (χ3v) is 7.32. The number of benzene rings is 3. The van der Waals surface area contributed by atoms with Gasteiger partial charge in [0.25, 0.3) is 0 Å². The molecule has 0 aliphatic heterocycles. The van der Waals surface area contributed by atoms with Crippen molar-refractivity contribution in [3.8, 4) is 22.4 Å². The van der Waals surface area contributed by atoms with Crippen molar-refractivity contribution in [2.24, 2.45) is 12.0 Å². The van der Waals surface area contributed by atoms with Crippen LogP contribution in [0.2, 0.25) is 0 Å². The minimum atomic E-state index is -0.0806. The molecule has 178 valence electrons. The minimum Gasteiger partial charge on any atom is -0.350 e. The maximum atomic E-state index is 13.8. The summed E-state index contributed by atoms with van der Waals surface area (Å²) in [7, 11) is 1.97. The van der Waals surface area contributed by atoms with Crippen LogP contribution in [-0.2, 0) is 7.05 Å². The lowest BCUT2D eigenvalue weighted by Crippen LogP contribution is -1.99. The summed E-state index contributed by atoms with van der Waals surface area (Å²) in [6, 6.07) is 33.4. The van der Waals surface area contributed by atoms with Gasteiger partial charge >= 0.3 is 0 Å². The Morgan fingerprint density at radius 3 is 2.11 bits per heavy atom. The largest absolute Gasteiger partial charge is 0.350 e. The SMILES string of the molecule is Cn1cccc1C=Nc1c(C(=O)c2ccccc2)sc2nnc(-c3ccccc3)c(-c3ccccc3)c12. The molecule has 0 atom stereocenters. The molecule has 0 saturated carbocycles. The van der Waals surface area contributed by atoms with Gasteiger partial charge in [-0.25, -0.2) is 0 Å². The van der Waals surface area contributed by atoms with Crippen LogP contribution in [0, 0.1) is 0 Å². The van der Waals surface area contributed by atoms with Gasteiger partial charge in [-0.3, -0.25) is 9.79 Å². The van der Waals surface area contributed by atoms with Crippen LogP contribution in [-0.4, -0.2) is 26.8 Å². The predicted octanol–water partition coefficient (Wildman–Crippen LogP) is 7.35. The van der Waals surface area contributed by atoms with Crippen LogP contribution in [0.1, 0.15) is 20.9 Å².